The van der Waals surface area contributed by atoms with Crippen LogP contribution in [-0.2, 0) is 4.79 Å². The molecule has 1 aromatic heterocycles. The number of nitrogen functional groups attached to an aromatic ring is 1. The number of nitrogens with two attached hydrogens (primary N) is 1. The fourth-order valence-electron chi connectivity index (χ4n) is 1.43. The van der Waals surface area contributed by atoms with Gasteiger partial charge in [-0.1, -0.05) is 6.92 Å². The van der Waals surface area contributed by atoms with Crippen molar-refractivity contribution in [3.63, 3.8) is 0 Å². The summed E-state index contributed by atoms with van der Waals surface area (Å²) < 4.78 is 0. The van der Waals surface area contributed by atoms with Crippen molar-refractivity contribution in [1.82, 2.24) is 10.3 Å². The zero-order valence-corrected chi connectivity index (χ0v) is 10.9. The molecular formula is C12H18N4O3. The number of hydrogen-bond donors (Lipinski definition) is 4. The largest absolute Gasteiger partial charge is 0.478 e. The second-order valence-corrected chi connectivity index (χ2v) is 4.13. The van der Waals surface area contributed by atoms with Crippen molar-refractivity contribution >= 4 is 23.4 Å². The lowest BCUT2D eigenvalue weighted by Gasteiger charge is -2.15. The molecule has 7 nitrogen and oxygen atoms in total. The highest BCUT2D eigenvalue weighted by atomic mass is 16.4. The first-order valence-corrected chi connectivity index (χ1v) is 5.98. The van der Waals surface area contributed by atoms with E-state index in [9.17, 15) is 9.59 Å². The molecule has 1 heterocycles. The number of aromatic carboxylic acids is 1. The van der Waals surface area contributed by atoms with E-state index in [1.807, 2.05) is 6.92 Å². The molecule has 0 bridgehead atoms. The van der Waals surface area contributed by atoms with Crippen LogP contribution in [0.15, 0.2) is 12.3 Å². The predicted octanol–water partition coefficient (Wildman–Crippen LogP) is 0.689. The molecule has 7 heteroatoms. The minimum absolute atomic E-state index is 0.0601. The lowest BCUT2D eigenvalue weighted by molar-refractivity contribution is -0.121. The van der Waals surface area contributed by atoms with Crippen molar-refractivity contribution in [3.8, 4) is 0 Å². The van der Waals surface area contributed by atoms with Crippen LogP contribution in [0, 0.1) is 0 Å². The molecule has 0 saturated carbocycles. The molecule has 0 spiro atoms. The summed E-state index contributed by atoms with van der Waals surface area (Å²) in [6, 6.07) is 0.717. The average Bonchev–Trinajstić information content (AvgIpc) is 2.37. The van der Waals surface area contributed by atoms with E-state index in [1.54, 1.807) is 6.92 Å². The zero-order valence-electron chi connectivity index (χ0n) is 10.9. The molecule has 5 N–H and O–H groups in total. The van der Waals surface area contributed by atoms with E-state index in [0.29, 0.717) is 6.54 Å². The first-order chi connectivity index (χ1) is 8.95. The number of nitrogens with zero attached hydrogens (tertiary/aromatic N) is 1. The minimum Gasteiger partial charge on any atom is -0.478 e. The maximum Gasteiger partial charge on any atom is 0.339 e. The van der Waals surface area contributed by atoms with Gasteiger partial charge in [0, 0.05) is 6.54 Å². The predicted molar refractivity (Wildman–Crippen MR) is 72.0 cm³/mol. The minimum atomic E-state index is -1.15. The molecule has 0 aromatic carbocycles. The van der Waals surface area contributed by atoms with E-state index in [-0.39, 0.29) is 23.0 Å². The van der Waals surface area contributed by atoms with Crippen LogP contribution in [0.5, 0.6) is 0 Å². The van der Waals surface area contributed by atoms with Crippen molar-refractivity contribution < 1.29 is 14.7 Å². The molecule has 104 valence electrons. The molecule has 0 saturated heterocycles. The molecule has 0 fully saturated rings. The number of carbonyl (C=O) groups excluding carboxylic acids is 1. The monoisotopic (exact) mass is 266 g/mol. The lowest BCUT2D eigenvalue weighted by Crippen LogP contribution is -2.38. The number of amides is 1. The summed E-state index contributed by atoms with van der Waals surface area (Å²) in [6.07, 6.45) is 2.17. The summed E-state index contributed by atoms with van der Waals surface area (Å²) in [5.41, 5.74) is 5.68. The van der Waals surface area contributed by atoms with Crippen LogP contribution >= 0.6 is 0 Å². The Balaban J connectivity index is 2.81. The fraction of sp³-hybridized carbons (Fsp3) is 0.417. The highest BCUT2D eigenvalue weighted by Gasteiger charge is 2.17. The number of carbonyl (C=O) groups is 2. The molecule has 1 unspecified atom stereocenters. The quantitative estimate of drug-likeness (QED) is 0.601. The third-order valence-electron chi connectivity index (χ3n) is 2.43. The molecule has 1 amide bonds. The third kappa shape index (κ3) is 4.13. The van der Waals surface area contributed by atoms with E-state index in [0.717, 1.165) is 6.42 Å². The Labute approximate surface area is 111 Å². The highest BCUT2D eigenvalue weighted by Crippen LogP contribution is 2.16. The van der Waals surface area contributed by atoms with E-state index in [1.165, 1.54) is 12.3 Å². The van der Waals surface area contributed by atoms with Gasteiger partial charge in [-0.25, -0.2) is 9.78 Å². The first-order valence-electron chi connectivity index (χ1n) is 5.98. The Morgan fingerprint density at radius 1 is 1.53 bits per heavy atom. The van der Waals surface area contributed by atoms with Crippen molar-refractivity contribution in [2.75, 3.05) is 17.6 Å². The standard InChI is InChI=1S/C12H18N4O3/c1-3-4-14-11(17)7(2)16-10-9(12(18)19)5-8(13)6-15-10/h5-7H,3-4,13H2,1-2H3,(H,14,17)(H,15,16)(H,18,19). The summed E-state index contributed by atoms with van der Waals surface area (Å²) in [5.74, 6) is -1.24. The summed E-state index contributed by atoms with van der Waals surface area (Å²) in [7, 11) is 0. The van der Waals surface area contributed by atoms with Crippen LogP contribution in [0.4, 0.5) is 11.5 Å². The molecule has 1 aromatic rings. The molecule has 0 aliphatic carbocycles. The Bertz CT molecular complexity index is 476. The Morgan fingerprint density at radius 2 is 2.21 bits per heavy atom. The Hall–Kier alpha value is -2.31. The molecule has 0 aliphatic heterocycles. The van der Waals surface area contributed by atoms with Gasteiger partial charge in [0.25, 0.3) is 0 Å². The second-order valence-electron chi connectivity index (χ2n) is 4.13. The van der Waals surface area contributed by atoms with Crippen molar-refractivity contribution in [2.45, 2.75) is 26.3 Å². The third-order valence-corrected chi connectivity index (χ3v) is 2.43. The molecule has 1 rings (SSSR count). The maximum atomic E-state index is 11.7. The van der Waals surface area contributed by atoms with E-state index in [2.05, 4.69) is 15.6 Å². The number of anilines is 2. The van der Waals surface area contributed by atoms with Crippen LogP contribution < -0.4 is 16.4 Å². The summed E-state index contributed by atoms with van der Waals surface area (Å²) in [4.78, 5) is 26.6. The van der Waals surface area contributed by atoms with Crippen LogP contribution in [0.2, 0.25) is 0 Å². The van der Waals surface area contributed by atoms with Crippen LogP contribution in [0.25, 0.3) is 0 Å². The van der Waals surface area contributed by atoms with Crippen molar-refractivity contribution in [2.24, 2.45) is 0 Å². The van der Waals surface area contributed by atoms with Crippen molar-refractivity contribution in [1.29, 1.82) is 0 Å². The fourth-order valence-corrected chi connectivity index (χ4v) is 1.43. The number of rotatable bonds is 6. The maximum absolute atomic E-state index is 11.7. The summed E-state index contributed by atoms with van der Waals surface area (Å²) in [5, 5.41) is 14.5. The molecule has 1 atom stereocenters. The number of carboxylic acids is 1. The number of aromatic nitrogens is 1. The SMILES string of the molecule is CCCNC(=O)C(C)Nc1ncc(N)cc1C(=O)O. The Morgan fingerprint density at radius 3 is 2.79 bits per heavy atom. The van der Waals surface area contributed by atoms with Gasteiger partial charge < -0.3 is 21.5 Å². The van der Waals surface area contributed by atoms with Gasteiger partial charge in [-0.15, -0.1) is 0 Å². The van der Waals surface area contributed by atoms with E-state index < -0.39 is 12.0 Å². The van der Waals surface area contributed by atoms with Crippen LogP contribution in [-0.4, -0.2) is 34.6 Å². The molecule has 0 radical (unpaired) electrons. The molecule has 19 heavy (non-hydrogen) atoms. The highest BCUT2D eigenvalue weighted by molar-refractivity contribution is 5.95. The zero-order chi connectivity index (χ0) is 14.4. The van der Waals surface area contributed by atoms with Gasteiger partial charge in [0.1, 0.15) is 17.4 Å². The van der Waals surface area contributed by atoms with Gasteiger partial charge in [0.05, 0.1) is 11.9 Å². The number of carboxylic acid groups (broad SMARTS) is 1. The first kappa shape index (κ1) is 14.7. The van der Waals surface area contributed by atoms with Crippen LogP contribution in [0.1, 0.15) is 30.6 Å². The van der Waals surface area contributed by atoms with Gasteiger partial charge in [-0.05, 0) is 19.4 Å². The van der Waals surface area contributed by atoms with E-state index in [4.69, 9.17) is 10.8 Å². The molecular weight excluding hydrogens is 248 g/mol. The van der Waals surface area contributed by atoms with Gasteiger partial charge in [0.2, 0.25) is 5.91 Å². The number of pyridine rings is 1. The van der Waals surface area contributed by atoms with Gasteiger partial charge in [-0.3, -0.25) is 4.79 Å². The smallest absolute Gasteiger partial charge is 0.339 e. The van der Waals surface area contributed by atoms with Gasteiger partial charge >= 0.3 is 5.97 Å². The number of nitrogens with one attached hydrogen (secondary N) is 2. The van der Waals surface area contributed by atoms with Gasteiger partial charge in [-0.2, -0.15) is 0 Å². The summed E-state index contributed by atoms with van der Waals surface area (Å²) >= 11 is 0. The van der Waals surface area contributed by atoms with Crippen LogP contribution in [0.3, 0.4) is 0 Å². The lowest BCUT2D eigenvalue weighted by atomic mass is 10.2. The average molecular weight is 266 g/mol. The Kier molecular flexibility index (Phi) is 5.11. The second kappa shape index (κ2) is 6.58. The van der Waals surface area contributed by atoms with Gasteiger partial charge in [0.15, 0.2) is 0 Å². The van der Waals surface area contributed by atoms with E-state index >= 15 is 0 Å². The molecule has 0 aliphatic rings. The van der Waals surface area contributed by atoms with Crippen molar-refractivity contribution in [3.05, 3.63) is 17.8 Å². The topological polar surface area (TPSA) is 117 Å². The normalized spacial score (nSPS) is 11.7. The number of hydrogen-bond acceptors (Lipinski definition) is 5. The summed E-state index contributed by atoms with van der Waals surface area (Å²) in [6.45, 7) is 4.16.